The minimum absolute atomic E-state index is 0.00909. The normalized spacial score (nSPS) is 10.7. The molecule has 0 saturated heterocycles. The average Bonchev–Trinajstić information content (AvgIpc) is 2.77. The third kappa shape index (κ3) is 5.97. The predicted molar refractivity (Wildman–Crippen MR) is 129 cm³/mol. The van der Waals surface area contributed by atoms with Gasteiger partial charge in [0.1, 0.15) is 11.5 Å². The highest BCUT2D eigenvalue weighted by molar-refractivity contribution is 6.34. The zero-order valence-corrected chi connectivity index (χ0v) is 19.8. The van der Waals surface area contributed by atoms with Gasteiger partial charge in [-0.25, -0.2) is 4.79 Å². The maximum absolute atomic E-state index is 12.7. The number of rotatable bonds is 8. The largest absolute Gasteiger partial charge is 0.496 e. The third-order valence-electron chi connectivity index (χ3n) is 4.80. The molecule has 0 fully saturated rings. The van der Waals surface area contributed by atoms with Gasteiger partial charge in [0, 0.05) is 22.7 Å². The average molecular weight is 488 g/mol. The van der Waals surface area contributed by atoms with Gasteiger partial charge in [-0.2, -0.15) is 0 Å². The van der Waals surface area contributed by atoms with Gasteiger partial charge in [-0.3, -0.25) is 4.79 Å². The lowest BCUT2D eigenvalue weighted by molar-refractivity contribution is 0.0696. The highest BCUT2D eigenvalue weighted by Crippen LogP contribution is 2.32. The molecule has 172 valence electrons. The van der Waals surface area contributed by atoms with Crippen molar-refractivity contribution in [3.05, 3.63) is 81.3 Å². The first-order valence-electron chi connectivity index (χ1n) is 10.1. The number of carboxylic acids is 1. The van der Waals surface area contributed by atoms with Crippen molar-refractivity contribution >= 4 is 35.1 Å². The van der Waals surface area contributed by atoms with E-state index in [4.69, 9.17) is 32.7 Å². The standard InChI is InChI=1S/C25H23Cl2NO5/c1-14(2)33-18-6-7-19(22(27)12-18)24(29)28-13-17-10-15(5-9-23(17)32-3)20-11-16(25(30)31)4-8-21(20)26/h4-12,14H,13H2,1-3H3,(H,28,29)(H,30,31). The molecular formula is C25H23Cl2NO5. The summed E-state index contributed by atoms with van der Waals surface area (Å²) in [5, 5.41) is 12.8. The summed E-state index contributed by atoms with van der Waals surface area (Å²) < 4.78 is 11.0. The summed E-state index contributed by atoms with van der Waals surface area (Å²) in [6, 6.07) is 14.7. The van der Waals surface area contributed by atoms with Crippen molar-refractivity contribution in [1.29, 1.82) is 0 Å². The summed E-state index contributed by atoms with van der Waals surface area (Å²) in [5.41, 5.74) is 2.40. The Labute approximate surface area is 202 Å². The Kier molecular flexibility index (Phi) is 7.84. The first-order chi connectivity index (χ1) is 15.7. The second-order valence-electron chi connectivity index (χ2n) is 7.52. The number of nitrogens with one attached hydrogen (secondary N) is 1. The van der Waals surface area contributed by atoms with Crippen molar-refractivity contribution in [2.75, 3.05) is 7.11 Å². The number of carbonyl (C=O) groups excluding carboxylic acids is 1. The molecule has 0 aliphatic rings. The van der Waals surface area contributed by atoms with Gasteiger partial charge in [0.25, 0.3) is 5.91 Å². The number of benzene rings is 3. The van der Waals surface area contributed by atoms with Gasteiger partial charge in [0.2, 0.25) is 0 Å². The van der Waals surface area contributed by atoms with Crippen LogP contribution in [0.15, 0.2) is 54.6 Å². The van der Waals surface area contributed by atoms with Crippen LogP contribution in [-0.2, 0) is 6.54 Å². The van der Waals surface area contributed by atoms with Crippen molar-refractivity contribution in [3.8, 4) is 22.6 Å². The molecule has 0 heterocycles. The minimum atomic E-state index is -1.05. The minimum Gasteiger partial charge on any atom is -0.496 e. The summed E-state index contributed by atoms with van der Waals surface area (Å²) >= 11 is 12.6. The number of ether oxygens (including phenoxy) is 2. The molecule has 0 unspecified atom stereocenters. The fraction of sp³-hybridized carbons (Fsp3) is 0.200. The van der Waals surface area contributed by atoms with Crippen LogP contribution in [0.2, 0.25) is 10.0 Å². The molecule has 0 spiro atoms. The van der Waals surface area contributed by atoms with Crippen LogP contribution in [0.4, 0.5) is 0 Å². The van der Waals surface area contributed by atoms with E-state index in [1.807, 2.05) is 13.8 Å². The second kappa shape index (κ2) is 10.6. The van der Waals surface area contributed by atoms with E-state index < -0.39 is 5.97 Å². The van der Waals surface area contributed by atoms with Crippen LogP contribution in [0.25, 0.3) is 11.1 Å². The van der Waals surface area contributed by atoms with Crippen LogP contribution in [0.5, 0.6) is 11.5 Å². The van der Waals surface area contributed by atoms with Crippen LogP contribution in [0.3, 0.4) is 0 Å². The van der Waals surface area contributed by atoms with E-state index in [2.05, 4.69) is 5.32 Å². The van der Waals surface area contributed by atoms with Crippen molar-refractivity contribution in [1.82, 2.24) is 5.32 Å². The van der Waals surface area contributed by atoms with Crippen LogP contribution < -0.4 is 14.8 Å². The molecular weight excluding hydrogens is 465 g/mol. The predicted octanol–water partition coefficient (Wildman–Crippen LogP) is 6.08. The number of hydrogen-bond acceptors (Lipinski definition) is 4. The monoisotopic (exact) mass is 487 g/mol. The van der Waals surface area contributed by atoms with Crippen molar-refractivity contribution in [2.45, 2.75) is 26.5 Å². The van der Waals surface area contributed by atoms with E-state index in [9.17, 15) is 14.7 Å². The molecule has 0 bridgehead atoms. The summed E-state index contributed by atoms with van der Waals surface area (Å²) in [5.74, 6) is -0.247. The third-order valence-corrected chi connectivity index (χ3v) is 5.44. The SMILES string of the molecule is COc1ccc(-c2cc(C(=O)O)ccc2Cl)cc1CNC(=O)c1ccc(OC(C)C)cc1Cl. The summed E-state index contributed by atoms with van der Waals surface area (Å²) in [6.07, 6.45) is -0.00909. The molecule has 0 atom stereocenters. The highest BCUT2D eigenvalue weighted by Gasteiger charge is 2.15. The smallest absolute Gasteiger partial charge is 0.335 e. The van der Waals surface area contributed by atoms with Gasteiger partial charge in [-0.15, -0.1) is 0 Å². The Hall–Kier alpha value is -3.22. The molecule has 0 aliphatic carbocycles. The maximum atomic E-state index is 12.7. The van der Waals surface area contributed by atoms with E-state index in [1.165, 1.54) is 19.2 Å². The van der Waals surface area contributed by atoms with Gasteiger partial charge in [-0.05, 0) is 67.9 Å². The fourth-order valence-corrected chi connectivity index (χ4v) is 3.74. The molecule has 0 aromatic heterocycles. The Balaban J connectivity index is 1.84. The summed E-state index contributed by atoms with van der Waals surface area (Å²) in [7, 11) is 1.53. The number of carboxylic acid groups (broad SMARTS) is 1. The lowest BCUT2D eigenvalue weighted by Crippen LogP contribution is -2.23. The number of methoxy groups -OCH3 is 1. The van der Waals surface area contributed by atoms with Crippen LogP contribution in [0, 0.1) is 0 Å². The van der Waals surface area contributed by atoms with Gasteiger partial charge in [0.05, 0.1) is 29.4 Å². The van der Waals surface area contributed by atoms with E-state index >= 15 is 0 Å². The van der Waals surface area contributed by atoms with Crippen molar-refractivity contribution in [2.24, 2.45) is 0 Å². The Bertz CT molecular complexity index is 1190. The number of halogens is 2. The molecule has 8 heteroatoms. The molecule has 3 aromatic rings. The van der Waals surface area contributed by atoms with Crippen LogP contribution >= 0.6 is 23.2 Å². The van der Waals surface area contributed by atoms with E-state index in [-0.39, 0.29) is 29.1 Å². The fourth-order valence-electron chi connectivity index (χ4n) is 3.26. The Morgan fingerprint density at radius 3 is 2.39 bits per heavy atom. The van der Waals surface area contributed by atoms with Crippen LogP contribution in [-0.4, -0.2) is 30.2 Å². The number of hydrogen-bond donors (Lipinski definition) is 2. The van der Waals surface area contributed by atoms with E-state index in [0.717, 1.165) is 0 Å². The lowest BCUT2D eigenvalue weighted by atomic mass is 10.00. The lowest BCUT2D eigenvalue weighted by Gasteiger charge is -2.14. The molecule has 0 aliphatic heterocycles. The maximum Gasteiger partial charge on any atom is 0.335 e. The van der Waals surface area contributed by atoms with Crippen molar-refractivity contribution < 1.29 is 24.2 Å². The molecule has 3 aromatic carbocycles. The van der Waals surface area contributed by atoms with Gasteiger partial charge >= 0.3 is 5.97 Å². The second-order valence-corrected chi connectivity index (χ2v) is 8.33. The Morgan fingerprint density at radius 2 is 1.76 bits per heavy atom. The Morgan fingerprint density at radius 1 is 1.00 bits per heavy atom. The van der Waals surface area contributed by atoms with Gasteiger partial charge < -0.3 is 19.9 Å². The molecule has 3 rings (SSSR count). The van der Waals surface area contributed by atoms with Crippen LogP contribution in [0.1, 0.15) is 40.1 Å². The number of aromatic carboxylic acids is 1. The summed E-state index contributed by atoms with van der Waals surface area (Å²) in [6.45, 7) is 3.97. The highest BCUT2D eigenvalue weighted by atomic mass is 35.5. The quantitative estimate of drug-likeness (QED) is 0.401. The number of carbonyl (C=O) groups is 2. The van der Waals surface area contributed by atoms with Gasteiger partial charge in [0.15, 0.2) is 0 Å². The molecule has 1 amide bonds. The zero-order chi connectivity index (χ0) is 24.1. The number of amides is 1. The molecule has 0 saturated carbocycles. The van der Waals surface area contributed by atoms with E-state index in [0.29, 0.717) is 38.8 Å². The summed E-state index contributed by atoms with van der Waals surface area (Å²) in [4.78, 5) is 24.1. The van der Waals surface area contributed by atoms with E-state index in [1.54, 1.807) is 42.5 Å². The first kappa shape index (κ1) is 24.4. The first-order valence-corrected chi connectivity index (χ1v) is 10.9. The zero-order valence-electron chi connectivity index (χ0n) is 18.3. The molecule has 33 heavy (non-hydrogen) atoms. The van der Waals surface area contributed by atoms with Crippen molar-refractivity contribution in [3.63, 3.8) is 0 Å². The molecule has 6 nitrogen and oxygen atoms in total. The van der Waals surface area contributed by atoms with Gasteiger partial charge in [-0.1, -0.05) is 29.3 Å². The molecule has 0 radical (unpaired) electrons. The molecule has 2 N–H and O–H groups in total. The topological polar surface area (TPSA) is 84.9 Å².